The summed E-state index contributed by atoms with van der Waals surface area (Å²) in [6.07, 6.45) is 12.8. The number of hydrogen-bond acceptors (Lipinski definition) is 3. The van der Waals surface area contributed by atoms with Gasteiger partial charge in [0.2, 0.25) is 5.91 Å². The Kier molecular flexibility index (Phi) is 3.60. The van der Waals surface area contributed by atoms with E-state index in [9.17, 15) is 4.79 Å². The molecule has 2 saturated heterocycles. The van der Waals surface area contributed by atoms with Crippen LogP contribution in [0.25, 0.3) is 0 Å². The lowest BCUT2D eigenvalue weighted by atomic mass is 9.94. The Balaban J connectivity index is 1.85. The van der Waals surface area contributed by atoms with Gasteiger partial charge in [-0.1, -0.05) is 25.0 Å². The van der Waals surface area contributed by atoms with Gasteiger partial charge in [0, 0.05) is 18.3 Å². The fourth-order valence-electron chi connectivity index (χ4n) is 3.74. The molecule has 2 N–H and O–H groups in total. The van der Waals surface area contributed by atoms with Crippen LogP contribution in [-0.2, 0) is 4.79 Å². The van der Waals surface area contributed by atoms with E-state index < -0.39 is 0 Å². The fourth-order valence-corrected chi connectivity index (χ4v) is 3.74. The standard InChI is InChI=1S/C15H23N3O/c16-15(19)11-17-10-12-6-2-1-5-9-18(12)14-8-4-3-7-13(14)17/h3-4,7,12,14H,1-2,5-6,8-11H2,(H2,16,19). The van der Waals surface area contributed by atoms with Gasteiger partial charge in [-0.25, -0.2) is 0 Å². The molecular weight excluding hydrogens is 238 g/mol. The summed E-state index contributed by atoms with van der Waals surface area (Å²) in [5.41, 5.74) is 6.70. The molecule has 2 aliphatic heterocycles. The molecule has 1 aliphatic carbocycles. The number of primary amides is 1. The summed E-state index contributed by atoms with van der Waals surface area (Å²) in [5.74, 6) is -0.226. The third kappa shape index (κ3) is 2.54. The van der Waals surface area contributed by atoms with Gasteiger partial charge < -0.3 is 10.6 Å². The van der Waals surface area contributed by atoms with Crippen molar-refractivity contribution in [2.24, 2.45) is 5.73 Å². The fraction of sp³-hybridized carbons (Fsp3) is 0.667. The Morgan fingerprint density at radius 2 is 2.26 bits per heavy atom. The van der Waals surface area contributed by atoms with Gasteiger partial charge in [-0.05, 0) is 31.9 Å². The summed E-state index contributed by atoms with van der Waals surface area (Å²) in [7, 11) is 0. The highest BCUT2D eigenvalue weighted by Crippen LogP contribution is 2.33. The average molecular weight is 261 g/mol. The number of carbonyl (C=O) groups excluding carboxylic acids is 1. The lowest BCUT2D eigenvalue weighted by Gasteiger charge is -2.49. The maximum Gasteiger partial charge on any atom is 0.236 e. The van der Waals surface area contributed by atoms with Crippen LogP contribution in [0.2, 0.25) is 0 Å². The third-order valence-corrected chi connectivity index (χ3v) is 4.57. The first kappa shape index (κ1) is 12.7. The number of nitrogens with two attached hydrogens (primary N) is 1. The van der Waals surface area contributed by atoms with Crippen LogP contribution in [0.15, 0.2) is 23.9 Å². The van der Waals surface area contributed by atoms with Crippen LogP contribution in [0.3, 0.4) is 0 Å². The van der Waals surface area contributed by atoms with Gasteiger partial charge in [-0.15, -0.1) is 0 Å². The van der Waals surface area contributed by atoms with Crippen molar-refractivity contribution in [1.29, 1.82) is 0 Å². The minimum atomic E-state index is -0.226. The predicted octanol–water partition coefficient (Wildman–Crippen LogP) is 1.24. The Labute approximate surface area is 114 Å². The average Bonchev–Trinajstić information content (AvgIpc) is 2.63. The summed E-state index contributed by atoms with van der Waals surface area (Å²) < 4.78 is 0. The molecular formula is C15H23N3O. The van der Waals surface area contributed by atoms with Gasteiger partial charge in [-0.3, -0.25) is 9.69 Å². The van der Waals surface area contributed by atoms with E-state index in [2.05, 4.69) is 28.0 Å². The summed E-state index contributed by atoms with van der Waals surface area (Å²) in [6, 6.07) is 1.05. The molecule has 0 aromatic rings. The van der Waals surface area contributed by atoms with E-state index in [4.69, 9.17) is 5.73 Å². The number of fused-ring (bicyclic) bond motifs is 3. The van der Waals surface area contributed by atoms with Crippen molar-refractivity contribution in [3.05, 3.63) is 23.9 Å². The van der Waals surface area contributed by atoms with Crippen molar-refractivity contribution in [1.82, 2.24) is 9.80 Å². The van der Waals surface area contributed by atoms with Gasteiger partial charge in [0.05, 0.1) is 12.6 Å². The molecule has 2 heterocycles. The topological polar surface area (TPSA) is 49.6 Å². The zero-order valence-corrected chi connectivity index (χ0v) is 11.4. The quantitative estimate of drug-likeness (QED) is 0.814. The van der Waals surface area contributed by atoms with E-state index in [1.807, 2.05) is 0 Å². The molecule has 3 rings (SSSR count). The Morgan fingerprint density at radius 1 is 1.37 bits per heavy atom. The maximum atomic E-state index is 11.3. The van der Waals surface area contributed by atoms with Crippen molar-refractivity contribution < 1.29 is 4.79 Å². The molecule has 104 valence electrons. The van der Waals surface area contributed by atoms with Crippen molar-refractivity contribution in [3.63, 3.8) is 0 Å². The Bertz CT molecular complexity index is 416. The van der Waals surface area contributed by atoms with E-state index in [1.165, 1.54) is 37.9 Å². The van der Waals surface area contributed by atoms with Gasteiger partial charge in [0.15, 0.2) is 0 Å². The molecule has 4 nitrogen and oxygen atoms in total. The van der Waals surface area contributed by atoms with E-state index in [0.717, 1.165) is 13.0 Å². The van der Waals surface area contributed by atoms with Crippen LogP contribution in [-0.4, -0.2) is 47.4 Å². The number of amides is 1. The molecule has 0 saturated carbocycles. The maximum absolute atomic E-state index is 11.3. The summed E-state index contributed by atoms with van der Waals surface area (Å²) in [5, 5.41) is 0. The third-order valence-electron chi connectivity index (χ3n) is 4.57. The molecule has 0 radical (unpaired) electrons. The van der Waals surface area contributed by atoms with Crippen LogP contribution >= 0.6 is 0 Å². The summed E-state index contributed by atoms with van der Waals surface area (Å²) >= 11 is 0. The van der Waals surface area contributed by atoms with E-state index in [1.54, 1.807) is 0 Å². The first-order valence-electron chi connectivity index (χ1n) is 7.41. The first-order valence-corrected chi connectivity index (χ1v) is 7.41. The highest BCUT2D eigenvalue weighted by atomic mass is 16.1. The van der Waals surface area contributed by atoms with E-state index in [0.29, 0.717) is 18.6 Å². The molecule has 1 amide bonds. The highest BCUT2D eigenvalue weighted by Gasteiger charge is 2.38. The molecule has 2 atom stereocenters. The lowest BCUT2D eigenvalue weighted by molar-refractivity contribution is -0.119. The SMILES string of the molecule is NC(=O)CN1CC2CCCCCN2C2CC=CC=C21. The summed E-state index contributed by atoms with van der Waals surface area (Å²) in [4.78, 5) is 16.2. The normalized spacial score (nSPS) is 31.2. The van der Waals surface area contributed by atoms with Gasteiger partial charge in [0.1, 0.15) is 0 Å². The summed E-state index contributed by atoms with van der Waals surface area (Å²) in [6.45, 7) is 2.52. The minimum Gasteiger partial charge on any atom is -0.368 e. The van der Waals surface area contributed by atoms with Gasteiger partial charge in [-0.2, -0.15) is 0 Å². The largest absolute Gasteiger partial charge is 0.368 e. The van der Waals surface area contributed by atoms with Crippen molar-refractivity contribution in [2.45, 2.75) is 44.2 Å². The zero-order chi connectivity index (χ0) is 13.2. The second-order valence-corrected chi connectivity index (χ2v) is 5.86. The van der Waals surface area contributed by atoms with Gasteiger partial charge in [0.25, 0.3) is 0 Å². The Hall–Kier alpha value is -1.29. The molecule has 0 aromatic heterocycles. The molecule has 0 spiro atoms. The van der Waals surface area contributed by atoms with Crippen LogP contribution in [0, 0.1) is 0 Å². The molecule has 19 heavy (non-hydrogen) atoms. The number of allylic oxidation sites excluding steroid dienone is 2. The molecule has 4 heteroatoms. The minimum absolute atomic E-state index is 0.226. The van der Waals surface area contributed by atoms with E-state index >= 15 is 0 Å². The molecule has 2 unspecified atom stereocenters. The number of carbonyl (C=O) groups is 1. The second-order valence-electron chi connectivity index (χ2n) is 5.86. The van der Waals surface area contributed by atoms with Crippen molar-refractivity contribution >= 4 is 5.91 Å². The molecule has 3 aliphatic rings. The van der Waals surface area contributed by atoms with E-state index in [-0.39, 0.29) is 5.91 Å². The molecule has 2 fully saturated rings. The van der Waals surface area contributed by atoms with Crippen LogP contribution in [0.1, 0.15) is 32.1 Å². The van der Waals surface area contributed by atoms with Gasteiger partial charge >= 0.3 is 0 Å². The number of nitrogens with zero attached hydrogens (tertiary/aromatic N) is 2. The first-order chi connectivity index (χ1) is 9.25. The molecule has 0 bridgehead atoms. The van der Waals surface area contributed by atoms with Crippen molar-refractivity contribution in [3.8, 4) is 0 Å². The number of piperazine rings is 1. The number of rotatable bonds is 2. The smallest absolute Gasteiger partial charge is 0.236 e. The monoisotopic (exact) mass is 261 g/mol. The van der Waals surface area contributed by atoms with Crippen LogP contribution < -0.4 is 5.73 Å². The molecule has 0 aromatic carbocycles. The second kappa shape index (κ2) is 5.37. The number of hydrogen-bond donors (Lipinski definition) is 1. The van der Waals surface area contributed by atoms with Crippen molar-refractivity contribution in [2.75, 3.05) is 19.6 Å². The van der Waals surface area contributed by atoms with Crippen LogP contribution in [0.4, 0.5) is 0 Å². The van der Waals surface area contributed by atoms with Crippen LogP contribution in [0.5, 0.6) is 0 Å². The highest BCUT2D eigenvalue weighted by molar-refractivity contribution is 5.76. The predicted molar refractivity (Wildman–Crippen MR) is 75.4 cm³/mol. The zero-order valence-electron chi connectivity index (χ0n) is 11.4. The lowest BCUT2D eigenvalue weighted by Crippen LogP contribution is -2.58. The Morgan fingerprint density at radius 3 is 3.11 bits per heavy atom.